The highest BCUT2D eigenvalue weighted by Gasteiger charge is 2.49. The van der Waals surface area contributed by atoms with E-state index in [1.807, 2.05) is 0 Å². The average molecular weight is 301 g/mol. The third-order valence-electron chi connectivity index (χ3n) is 5.21. The Labute approximate surface area is 129 Å². The van der Waals surface area contributed by atoms with Gasteiger partial charge in [-0.1, -0.05) is 20.8 Å². The van der Waals surface area contributed by atoms with E-state index in [9.17, 15) is 4.79 Å². The van der Waals surface area contributed by atoms with Crippen LogP contribution in [0.25, 0.3) is 5.78 Å². The summed E-state index contributed by atoms with van der Waals surface area (Å²) in [6.45, 7) is 9.00. The lowest BCUT2D eigenvalue weighted by atomic mass is 9.65. The first-order valence-corrected chi connectivity index (χ1v) is 8.00. The predicted molar refractivity (Wildman–Crippen MR) is 83.5 cm³/mol. The molecule has 4 rings (SSSR count). The maximum Gasteiger partial charge on any atom is 0.274 e. The Morgan fingerprint density at radius 2 is 2.18 bits per heavy atom. The summed E-state index contributed by atoms with van der Waals surface area (Å²) in [6.07, 6.45) is 5.27. The van der Waals surface area contributed by atoms with Crippen molar-refractivity contribution in [1.82, 2.24) is 24.5 Å². The lowest BCUT2D eigenvalue weighted by molar-refractivity contribution is 0.126. The fourth-order valence-corrected chi connectivity index (χ4v) is 4.92. The Morgan fingerprint density at radius 1 is 1.36 bits per heavy atom. The number of H-pyrrole nitrogens is 1. The van der Waals surface area contributed by atoms with Gasteiger partial charge in [0.05, 0.1) is 5.69 Å². The minimum atomic E-state index is -0.0915. The van der Waals surface area contributed by atoms with Gasteiger partial charge in [-0.2, -0.15) is 4.52 Å². The number of likely N-dealkylation sites (tertiary alicyclic amines) is 1. The molecule has 2 aromatic rings. The van der Waals surface area contributed by atoms with E-state index in [0.29, 0.717) is 22.6 Å². The van der Waals surface area contributed by atoms with Gasteiger partial charge in [-0.3, -0.25) is 14.8 Å². The number of nitrogens with zero attached hydrogens (tertiary/aromatic N) is 4. The molecule has 1 saturated heterocycles. The molecule has 0 aromatic carbocycles. The van der Waals surface area contributed by atoms with Crippen LogP contribution in [0.4, 0.5) is 0 Å². The number of aromatic nitrogens is 4. The summed E-state index contributed by atoms with van der Waals surface area (Å²) in [5.74, 6) is 0.455. The van der Waals surface area contributed by atoms with Gasteiger partial charge in [0.1, 0.15) is 6.33 Å². The van der Waals surface area contributed by atoms with Gasteiger partial charge < -0.3 is 0 Å². The molecule has 118 valence electrons. The highest BCUT2D eigenvalue weighted by molar-refractivity contribution is 5.26. The second kappa shape index (κ2) is 4.41. The van der Waals surface area contributed by atoms with E-state index < -0.39 is 0 Å². The van der Waals surface area contributed by atoms with Crippen LogP contribution in [0.3, 0.4) is 0 Å². The molecule has 6 heteroatoms. The molecule has 2 bridgehead atoms. The van der Waals surface area contributed by atoms with Crippen molar-refractivity contribution in [1.29, 1.82) is 0 Å². The second-order valence-corrected chi connectivity index (χ2v) is 8.23. The zero-order chi connectivity index (χ0) is 15.5. The van der Waals surface area contributed by atoms with Crippen LogP contribution in [0.5, 0.6) is 0 Å². The molecular weight excluding hydrogens is 278 g/mol. The van der Waals surface area contributed by atoms with Crippen molar-refractivity contribution in [2.75, 3.05) is 6.54 Å². The molecule has 1 aliphatic carbocycles. The van der Waals surface area contributed by atoms with E-state index in [-0.39, 0.29) is 5.56 Å². The third kappa shape index (κ3) is 2.26. The van der Waals surface area contributed by atoms with Crippen molar-refractivity contribution in [2.24, 2.45) is 10.8 Å². The zero-order valence-corrected chi connectivity index (χ0v) is 13.5. The Kier molecular flexibility index (Phi) is 2.79. The van der Waals surface area contributed by atoms with Gasteiger partial charge in [0.15, 0.2) is 0 Å². The molecule has 2 fully saturated rings. The number of nitrogens with one attached hydrogen (secondary N) is 1. The number of aromatic amines is 1. The predicted octanol–water partition coefficient (Wildman–Crippen LogP) is 1.82. The summed E-state index contributed by atoms with van der Waals surface area (Å²) in [4.78, 5) is 23.2. The first kappa shape index (κ1) is 13.9. The lowest BCUT2D eigenvalue weighted by Crippen LogP contribution is -2.34. The molecule has 0 spiro atoms. The van der Waals surface area contributed by atoms with Crippen LogP contribution >= 0.6 is 0 Å². The summed E-state index contributed by atoms with van der Waals surface area (Å²) in [7, 11) is 0. The molecule has 22 heavy (non-hydrogen) atoms. The normalized spacial score (nSPS) is 31.0. The molecule has 1 saturated carbocycles. The Morgan fingerprint density at radius 3 is 3.00 bits per heavy atom. The van der Waals surface area contributed by atoms with Gasteiger partial charge in [-0.25, -0.2) is 9.97 Å². The van der Waals surface area contributed by atoms with Gasteiger partial charge in [0.2, 0.25) is 0 Å². The van der Waals surface area contributed by atoms with Crippen LogP contribution in [0.15, 0.2) is 17.2 Å². The maximum atomic E-state index is 12.1. The van der Waals surface area contributed by atoms with E-state index in [0.717, 1.165) is 18.8 Å². The van der Waals surface area contributed by atoms with E-state index in [1.54, 1.807) is 6.07 Å². The van der Waals surface area contributed by atoms with Crippen molar-refractivity contribution in [3.63, 3.8) is 0 Å². The molecule has 2 atom stereocenters. The average Bonchev–Trinajstić information content (AvgIpc) is 2.91. The number of rotatable bonds is 2. The fraction of sp³-hybridized carbons (Fsp3) is 0.688. The fourth-order valence-electron chi connectivity index (χ4n) is 4.92. The number of hydrogen-bond donors (Lipinski definition) is 1. The van der Waals surface area contributed by atoms with Gasteiger partial charge in [-0.05, 0) is 30.1 Å². The Balaban J connectivity index is 1.62. The maximum absolute atomic E-state index is 12.1. The number of fused-ring (bicyclic) bond motifs is 3. The summed E-state index contributed by atoms with van der Waals surface area (Å²) >= 11 is 0. The molecular formula is C16H23N5O. The molecule has 1 N–H and O–H groups in total. The summed E-state index contributed by atoms with van der Waals surface area (Å²) < 4.78 is 1.37. The molecule has 3 heterocycles. The minimum Gasteiger partial charge on any atom is -0.294 e. The van der Waals surface area contributed by atoms with Crippen LogP contribution in [0.1, 0.15) is 45.7 Å². The Hall–Kier alpha value is -1.69. The number of hydrogen-bond acceptors (Lipinski definition) is 4. The topological polar surface area (TPSA) is 66.3 Å². The highest BCUT2D eigenvalue weighted by Crippen LogP contribution is 2.52. The van der Waals surface area contributed by atoms with Crippen molar-refractivity contribution in [3.05, 3.63) is 28.4 Å². The highest BCUT2D eigenvalue weighted by atomic mass is 16.1. The largest absolute Gasteiger partial charge is 0.294 e. The third-order valence-corrected chi connectivity index (χ3v) is 5.21. The van der Waals surface area contributed by atoms with Crippen LogP contribution in [0.2, 0.25) is 0 Å². The molecule has 2 aliphatic rings. The van der Waals surface area contributed by atoms with E-state index in [2.05, 4.69) is 40.7 Å². The van der Waals surface area contributed by atoms with Crippen LogP contribution in [-0.4, -0.2) is 37.1 Å². The molecule has 2 aromatic heterocycles. The summed E-state index contributed by atoms with van der Waals surface area (Å²) in [6, 6.07) is 2.23. The van der Waals surface area contributed by atoms with E-state index in [1.165, 1.54) is 30.1 Å². The van der Waals surface area contributed by atoms with Crippen molar-refractivity contribution in [3.8, 4) is 0 Å². The van der Waals surface area contributed by atoms with E-state index >= 15 is 0 Å². The van der Waals surface area contributed by atoms with Crippen molar-refractivity contribution in [2.45, 2.75) is 52.6 Å². The zero-order valence-electron chi connectivity index (χ0n) is 13.5. The van der Waals surface area contributed by atoms with Gasteiger partial charge in [0, 0.05) is 25.2 Å². The second-order valence-electron chi connectivity index (χ2n) is 8.23. The molecule has 0 unspecified atom stereocenters. The molecule has 6 nitrogen and oxygen atoms in total. The van der Waals surface area contributed by atoms with Crippen molar-refractivity contribution >= 4 is 5.78 Å². The molecule has 1 aliphatic heterocycles. The summed E-state index contributed by atoms with van der Waals surface area (Å²) in [5.41, 5.74) is 1.54. The quantitative estimate of drug-likeness (QED) is 0.919. The first-order valence-electron chi connectivity index (χ1n) is 8.00. The minimum absolute atomic E-state index is 0.0915. The van der Waals surface area contributed by atoms with Crippen molar-refractivity contribution < 1.29 is 0 Å². The standard InChI is InChI=1S/C16H23N5O/c1-15(2)5-12-6-16(3,8-15)9-20(12)7-11-4-13(22)21-14(19-11)17-10-18-21/h4,10,12H,5-9H2,1-3H3,(H,17,18,19)/t12-,16-/m1/s1. The molecule has 0 radical (unpaired) electrons. The first-order chi connectivity index (χ1) is 10.3. The lowest BCUT2D eigenvalue weighted by Gasteiger charge is -2.39. The van der Waals surface area contributed by atoms with Gasteiger partial charge >= 0.3 is 0 Å². The smallest absolute Gasteiger partial charge is 0.274 e. The van der Waals surface area contributed by atoms with Gasteiger partial charge in [0.25, 0.3) is 11.3 Å². The van der Waals surface area contributed by atoms with Crippen LogP contribution in [0, 0.1) is 10.8 Å². The van der Waals surface area contributed by atoms with Gasteiger partial charge in [-0.15, -0.1) is 0 Å². The van der Waals surface area contributed by atoms with E-state index in [4.69, 9.17) is 0 Å². The SMILES string of the molecule is CC1(C)C[C@@H]2C[C@@](C)(CN2Cc2cc(=O)n3[nH]cnc3n2)C1. The molecule has 0 amide bonds. The van der Waals surface area contributed by atoms with Crippen LogP contribution in [-0.2, 0) is 6.54 Å². The summed E-state index contributed by atoms with van der Waals surface area (Å²) in [5, 5.41) is 2.78. The Bertz CT molecular complexity index is 776. The monoisotopic (exact) mass is 301 g/mol. The van der Waals surface area contributed by atoms with Crippen LogP contribution < -0.4 is 5.56 Å².